The summed E-state index contributed by atoms with van der Waals surface area (Å²) in [4.78, 5) is 0. The van der Waals surface area contributed by atoms with Crippen LogP contribution in [0.2, 0.25) is 0 Å². The van der Waals surface area contributed by atoms with Gasteiger partial charge in [-0.25, -0.2) is 0 Å². The molecule has 0 N–H and O–H groups in total. The topological polar surface area (TPSA) is 19.7 Å². The van der Waals surface area contributed by atoms with E-state index in [2.05, 4.69) is 382 Å². The van der Waals surface area contributed by atoms with Crippen LogP contribution in [0.1, 0.15) is 0 Å². The van der Waals surface area contributed by atoms with E-state index in [1.807, 2.05) is 0 Å². The standard InChI is InChI=1S/C48H32N2.C42H28N2/c1-3-11-33(12-4-1)35-19-25-39(26-20-35)49-45-17-9-7-15-41(45)43-31-37(23-29-47(43)49)38-24-30-48-44(32-38)42-16-8-10-18-46(42)50(48)40-27-21-36(22-28-40)34-13-5-2-6-14-34;1-3-12-29(13-4-1)30-14-11-17-34(26-30)44-40-21-10-8-19-36(40)38-28-32(23-25-42(38)44)31-22-24-41-37(27-31)35-18-7-9-20-39(35)43(41)33-15-5-2-6-16-33/h1-32H;1-28H. The third-order valence-corrected chi connectivity index (χ3v) is 19.0. The lowest BCUT2D eigenvalue weighted by atomic mass is 10.0. The number of hydrogen-bond donors (Lipinski definition) is 0. The highest BCUT2D eigenvalue weighted by Gasteiger charge is 2.20. The van der Waals surface area contributed by atoms with E-state index in [4.69, 9.17) is 0 Å². The number of para-hydroxylation sites is 5. The fourth-order valence-corrected chi connectivity index (χ4v) is 14.6. The zero-order valence-corrected chi connectivity index (χ0v) is 51.4. The predicted octanol–water partition coefficient (Wildman–Crippen LogP) is 24.1. The largest absolute Gasteiger partial charge is 0.309 e. The van der Waals surface area contributed by atoms with Crippen molar-refractivity contribution in [2.75, 3.05) is 0 Å². The van der Waals surface area contributed by atoms with Crippen LogP contribution in [0.15, 0.2) is 364 Å². The van der Waals surface area contributed by atoms with Gasteiger partial charge >= 0.3 is 0 Å². The molecule has 0 saturated carbocycles. The predicted molar refractivity (Wildman–Crippen MR) is 397 cm³/mol. The maximum atomic E-state index is 2.40. The first-order chi connectivity index (χ1) is 46.6. The molecule has 4 nitrogen and oxygen atoms in total. The molecule has 0 bridgehead atoms. The van der Waals surface area contributed by atoms with E-state index in [0.717, 1.165) is 11.4 Å². The molecule has 4 aromatic heterocycles. The maximum absolute atomic E-state index is 2.40. The van der Waals surface area contributed by atoms with E-state index in [1.165, 1.54) is 154 Å². The van der Waals surface area contributed by atoms with Crippen molar-refractivity contribution in [3.8, 4) is 78.4 Å². The average molecular weight is 1200 g/mol. The van der Waals surface area contributed by atoms with E-state index in [1.54, 1.807) is 0 Å². The van der Waals surface area contributed by atoms with Gasteiger partial charge in [0.15, 0.2) is 0 Å². The fourth-order valence-electron chi connectivity index (χ4n) is 14.6. The van der Waals surface area contributed by atoms with Crippen LogP contribution >= 0.6 is 0 Å². The van der Waals surface area contributed by atoms with Crippen LogP contribution in [0, 0.1) is 0 Å². The summed E-state index contributed by atoms with van der Waals surface area (Å²) in [5, 5.41) is 10.1. The van der Waals surface area contributed by atoms with Gasteiger partial charge in [-0.1, -0.05) is 243 Å². The zero-order valence-electron chi connectivity index (χ0n) is 51.4. The van der Waals surface area contributed by atoms with Crippen LogP contribution < -0.4 is 0 Å². The highest BCUT2D eigenvalue weighted by atomic mass is 15.0. The highest BCUT2D eigenvalue weighted by Crippen LogP contribution is 2.42. The van der Waals surface area contributed by atoms with E-state index >= 15 is 0 Å². The molecular formula is C90H60N4. The smallest absolute Gasteiger partial charge is 0.0541 e. The van der Waals surface area contributed by atoms with Gasteiger partial charge in [-0.15, -0.1) is 0 Å². The lowest BCUT2D eigenvalue weighted by Crippen LogP contribution is -1.94. The lowest BCUT2D eigenvalue weighted by molar-refractivity contribution is 1.18. The maximum Gasteiger partial charge on any atom is 0.0541 e. The number of hydrogen-bond acceptors (Lipinski definition) is 0. The Kier molecular flexibility index (Phi) is 13.2. The number of rotatable bonds is 9. The molecule has 0 spiro atoms. The van der Waals surface area contributed by atoms with E-state index in [-0.39, 0.29) is 0 Å². The summed E-state index contributed by atoms with van der Waals surface area (Å²) in [6.45, 7) is 0. The van der Waals surface area contributed by atoms with Gasteiger partial charge in [-0.2, -0.15) is 0 Å². The van der Waals surface area contributed by atoms with Crippen molar-refractivity contribution < 1.29 is 0 Å². The molecular weight excluding hydrogens is 1140 g/mol. The molecule has 4 heteroatoms. The first kappa shape index (κ1) is 54.4. The molecule has 0 aliphatic carbocycles. The van der Waals surface area contributed by atoms with Crippen LogP contribution in [-0.2, 0) is 0 Å². The van der Waals surface area contributed by atoms with Gasteiger partial charge in [0, 0.05) is 65.8 Å². The fraction of sp³-hybridized carbons (Fsp3) is 0. The van der Waals surface area contributed by atoms with E-state index in [9.17, 15) is 0 Å². The second-order valence-electron chi connectivity index (χ2n) is 24.4. The average Bonchev–Trinajstić information content (AvgIpc) is 1.63. The third-order valence-electron chi connectivity index (χ3n) is 19.0. The second-order valence-corrected chi connectivity index (χ2v) is 24.4. The molecule has 440 valence electrons. The Labute approximate surface area is 544 Å². The van der Waals surface area contributed by atoms with Gasteiger partial charge in [-0.3, -0.25) is 0 Å². The summed E-state index contributed by atoms with van der Waals surface area (Å²) in [6, 6.07) is 132. The molecule has 0 unspecified atom stereocenters. The molecule has 4 heterocycles. The summed E-state index contributed by atoms with van der Waals surface area (Å²) >= 11 is 0. The summed E-state index contributed by atoms with van der Waals surface area (Å²) < 4.78 is 9.55. The minimum absolute atomic E-state index is 1.16. The Hall–Kier alpha value is -12.5. The minimum atomic E-state index is 1.16. The van der Waals surface area contributed by atoms with Crippen LogP contribution in [0.5, 0.6) is 0 Å². The van der Waals surface area contributed by atoms with Gasteiger partial charge in [0.05, 0.1) is 44.1 Å². The molecule has 0 saturated heterocycles. The van der Waals surface area contributed by atoms with Crippen LogP contribution in [-0.4, -0.2) is 18.3 Å². The molecule has 94 heavy (non-hydrogen) atoms. The van der Waals surface area contributed by atoms with Gasteiger partial charge in [-0.05, 0) is 177 Å². The Morgan fingerprint density at radius 2 is 0.330 bits per heavy atom. The van der Waals surface area contributed by atoms with Crippen molar-refractivity contribution in [1.82, 2.24) is 18.3 Å². The molecule has 0 aliphatic heterocycles. The molecule has 0 fully saturated rings. The van der Waals surface area contributed by atoms with Crippen molar-refractivity contribution in [3.63, 3.8) is 0 Å². The Morgan fingerprint density at radius 3 is 0.670 bits per heavy atom. The van der Waals surface area contributed by atoms with Crippen molar-refractivity contribution in [2.45, 2.75) is 0 Å². The van der Waals surface area contributed by atoms with Gasteiger partial charge in [0.2, 0.25) is 0 Å². The lowest BCUT2D eigenvalue weighted by Gasteiger charge is -2.11. The first-order valence-corrected chi connectivity index (χ1v) is 32.3. The van der Waals surface area contributed by atoms with E-state index in [0.29, 0.717) is 0 Å². The number of benzene rings is 15. The third kappa shape index (κ3) is 9.30. The molecule has 15 aromatic carbocycles. The highest BCUT2D eigenvalue weighted by molar-refractivity contribution is 6.15. The van der Waals surface area contributed by atoms with Crippen LogP contribution in [0.4, 0.5) is 0 Å². The van der Waals surface area contributed by atoms with E-state index < -0.39 is 0 Å². The van der Waals surface area contributed by atoms with Gasteiger partial charge in [0.25, 0.3) is 0 Å². The molecule has 19 aromatic rings. The molecule has 0 aliphatic rings. The number of aromatic nitrogens is 4. The Balaban J connectivity index is 0.000000139. The molecule has 0 amide bonds. The Morgan fingerprint density at radius 1 is 0.117 bits per heavy atom. The summed E-state index contributed by atoms with van der Waals surface area (Å²) in [5.41, 5.74) is 26.6. The minimum Gasteiger partial charge on any atom is -0.309 e. The van der Waals surface area contributed by atoms with Crippen molar-refractivity contribution in [2.24, 2.45) is 0 Å². The molecule has 19 rings (SSSR count). The Bertz CT molecular complexity index is 5850. The van der Waals surface area contributed by atoms with Crippen LogP contribution in [0.25, 0.3) is 166 Å². The quantitative estimate of drug-likeness (QED) is 0.137. The van der Waals surface area contributed by atoms with Crippen LogP contribution in [0.3, 0.4) is 0 Å². The zero-order chi connectivity index (χ0) is 62.1. The normalized spacial score (nSPS) is 11.6. The number of fused-ring (bicyclic) bond motifs is 12. The SMILES string of the molecule is c1ccc(-c2ccc(-n3c4ccccc4c4cc(-c5ccc6c(c5)c5ccccc5n6-c5ccc(-c6ccccc6)cc5)ccc43)cc2)cc1.c1ccc(-c2cccc(-n3c4ccccc4c4cc(-c5ccc6c(c5)c5ccccc5n6-c5ccccc5)ccc43)c2)cc1. The van der Waals surface area contributed by atoms with Crippen molar-refractivity contribution in [3.05, 3.63) is 364 Å². The summed E-state index contributed by atoms with van der Waals surface area (Å²) in [7, 11) is 0. The molecule has 0 radical (unpaired) electrons. The summed E-state index contributed by atoms with van der Waals surface area (Å²) in [6.07, 6.45) is 0. The summed E-state index contributed by atoms with van der Waals surface area (Å²) in [5.74, 6) is 0. The number of nitrogens with zero attached hydrogens (tertiary/aromatic N) is 4. The van der Waals surface area contributed by atoms with Crippen molar-refractivity contribution >= 4 is 87.2 Å². The van der Waals surface area contributed by atoms with Crippen molar-refractivity contribution in [1.29, 1.82) is 0 Å². The molecule has 0 atom stereocenters. The first-order valence-electron chi connectivity index (χ1n) is 32.3. The monoisotopic (exact) mass is 1200 g/mol. The van der Waals surface area contributed by atoms with Gasteiger partial charge < -0.3 is 18.3 Å². The second kappa shape index (κ2) is 22.8. The van der Waals surface area contributed by atoms with Gasteiger partial charge in [0.1, 0.15) is 0 Å².